The number of hydrogen-bond acceptors (Lipinski definition) is 4. The van der Waals surface area contributed by atoms with E-state index >= 15 is 0 Å². The van der Waals surface area contributed by atoms with Gasteiger partial charge in [0, 0.05) is 18.8 Å². The van der Waals surface area contributed by atoms with E-state index in [9.17, 15) is 13.2 Å². The number of nitrogens with zero attached hydrogens (tertiary/aromatic N) is 3. The highest BCUT2D eigenvalue weighted by Gasteiger charge is 2.30. The maximum atomic E-state index is 12.6. The van der Waals surface area contributed by atoms with Gasteiger partial charge in [-0.1, -0.05) is 23.9 Å². The van der Waals surface area contributed by atoms with Gasteiger partial charge in [0.25, 0.3) is 0 Å². The fraction of sp³-hybridized carbons (Fsp3) is 0.333. The molecule has 0 amide bonds. The van der Waals surface area contributed by atoms with Crippen molar-refractivity contribution in [2.75, 3.05) is 5.75 Å². The fourth-order valence-corrected chi connectivity index (χ4v) is 2.49. The van der Waals surface area contributed by atoms with Crippen molar-refractivity contribution >= 4 is 11.8 Å². The van der Waals surface area contributed by atoms with Gasteiger partial charge in [0.05, 0.1) is 5.56 Å². The van der Waals surface area contributed by atoms with Crippen molar-refractivity contribution in [1.82, 2.24) is 14.8 Å². The van der Waals surface area contributed by atoms with Crippen LogP contribution in [0.4, 0.5) is 13.2 Å². The number of rotatable bonds is 4. The minimum absolute atomic E-state index is 0.424. The average molecular weight is 302 g/mol. The summed E-state index contributed by atoms with van der Waals surface area (Å²) in [6.07, 6.45) is -2.80. The van der Waals surface area contributed by atoms with Gasteiger partial charge in [0.2, 0.25) is 0 Å². The molecule has 1 atom stereocenters. The molecule has 1 unspecified atom stereocenters. The van der Waals surface area contributed by atoms with Crippen LogP contribution in [-0.2, 0) is 13.2 Å². The summed E-state index contributed by atoms with van der Waals surface area (Å²) in [7, 11) is 1.79. The predicted octanol–water partition coefficient (Wildman–Crippen LogP) is 2.63. The number of aryl methyl sites for hydroxylation is 1. The summed E-state index contributed by atoms with van der Waals surface area (Å²) in [6.45, 7) is 0. The number of benzene rings is 1. The van der Waals surface area contributed by atoms with Crippen LogP contribution in [0.15, 0.2) is 35.7 Å². The van der Waals surface area contributed by atoms with Gasteiger partial charge >= 0.3 is 6.18 Å². The van der Waals surface area contributed by atoms with Crippen molar-refractivity contribution in [3.63, 3.8) is 0 Å². The summed E-state index contributed by atoms with van der Waals surface area (Å²) in [6, 6.07) is 4.58. The topological polar surface area (TPSA) is 56.7 Å². The highest BCUT2D eigenvalue weighted by molar-refractivity contribution is 7.99. The van der Waals surface area contributed by atoms with Crippen LogP contribution in [0.3, 0.4) is 0 Å². The fourth-order valence-electron chi connectivity index (χ4n) is 1.61. The highest BCUT2D eigenvalue weighted by atomic mass is 32.2. The Morgan fingerprint density at radius 3 is 2.75 bits per heavy atom. The Morgan fingerprint density at radius 2 is 2.15 bits per heavy atom. The number of nitrogens with two attached hydrogens (primary N) is 1. The first kappa shape index (κ1) is 14.9. The maximum absolute atomic E-state index is 12.6. The molecule has 0 saturated heterocycles. The maximum Gasteiger partial charge on any atom is 0.416 e. The molecule has 0 bridgehead atoms. The molecule has 4 nitrogen and oxygen atoms in total. The van der Waals surface area contributed by atoms with Gasteiger partial charge in [-0.05, 0) is 17.7 Å². The first-order valence-electron chi connectivity index (χ1n) is 5.77. The van der Waals surface area contributed by atoms with Crippen LogP contribution in [0.25, 0.3) is 0 Å². The molecule has 0 spiro atoms. The SMILES string of the molecule is Cn1cnnc1SCC(N)c1cccc(C(F)(F)F)c1. The number of alkyl halides is 3. The van der Waals surface area contributed by atoms with Gasteiger partial charge in [0.15, 0.2) is 5.16 Å². The zero-order valence-electron chi connectivity index (χ0n) is 10.6. The third-order valence-corrected chi connectivity index (χ3v) is 3.86. The van der Waals surface area contributed by atoms with Gasteiger partial charge in [-0.2, -0.15) is 13.2 Å². The Kier molecular flexibility index (Phi) is 4.34. The Morgan fingerprint density at radius 1 is 1.40 bits per heavy atom. The molecule has 1 aromatic heterocycles. The lowest BCUT2D eigenvalue weighted by Gasteiger charge is -2.14. The molecule has 1 heterocycles. The minimum Gasteiger partial charge on any atom is -0.323 e. The summed E-state index contributed by atoms with van der Waals surface area (Å²) < 4.78 is 39.6. The molecule has 2 aromatic rings. The van der Waals surface area contributed by atoms with Gasteiger partial charge < -0.3 is 10.3 Å². The zero-order chi connectivity index (χ0) is 14.8. The lowest BCUT2D eigenvalue weighted by Crippen LogP contribution is -2.15. The molecule has 2 N–H and O–H groups in total. The standard InChI is InChI=1S/C12H13F3N4S/c1-19-7-17-18-11(19)20-6-10(16)8-3-2-4-9(5-8)12(13,14)15/h2-5,7,10H,6,16H2,1H3. The molecule has 2 rings (SSSR count). The summed E-state index contributed by atoms with van der Waals surface area (Å²) in [5, 5.41) is 8.27. The second-order valence-corrected chi connectivity index (χ2v) is 5.25. The van der Waals surface area contributed by atoms with E-state index in [0.717, 1.165) is 12.1 Å². The van der Waals surface area contributed by atoms with Crippen molar-refractivity contribution in [3.8, 4) is 0 Å². The van der Waals surface area contributed by atoms with Crippen molar-refractivity contribution in [2.24, 2.45) is 12.8 Å². The molecule has 0 aliphatic heterocycles. The first-order valence-corrected chi connectivity index (χ1v) is 6.76. The monoisotopic (exact) mass is 302 g/mol. The first-order chi connectivity index (χ1) is 9.38. The van der Waals surface area contributed by atoms with Crippen molar-refractivity contribution in [2.45, 2.75) is 17.4 Å². The van der Waals surface area contributed by atoms with Gasteiger partial charge in [-0.15, -0.1) is 10.2 Å². The van der Waals surface area contributed by atoms with E-state index in [1.54, 1.807) is 24.0 Å². The molecule has 1 aromatic carbocycles. The molecule has 0 aliphatic rings. The number of hydrogen-bond donors (Lipinski definition) is 1. The second kappa shape index (κ2) is 5.84. The Balaban J connectivity index is 2.06. The Labute approximate surface area is 118 Å². The second-order valence-electron chi connectivity index (χ2n) is 4.27. The van der Waals surface area contributed by atoms with Crippen LogP contribution in [0.5, 0.6) is 0 Å². The quantitative estimate of drug-likeness (QED) is 0.882. The Bertz CT molecular complexity index is 582. The van der Waals surface area contributed by atoms with E-state index < -0.39 is 17.8 Å². The molecule has 108 valence electrons. The highest BCUT2D eigenvalue weighted by Crippen LogP contribution is 2.31. The van der Waals surface area contributed by atoms with Crippen LogP contribution in [-0.4, -0.2) is 20.5 Å². The van der Waals surface area contributed by atoms with Crippen LogP contribution in [0, 0.1) is 0 Å². The van der Waals surface area contributed by atoms with Crippen LogP contribution >= 0.6 is 11.8 Å². The molecule has 8 heteroatoms. The third kappa shape index (κ3) is 3.51. The molecule has 0 fully saturated rings. The van der Waals surface area contributed by atoms with E-state index in [0.29, 0.717) is 16.5 Å². The van der Waals surface area contributed by atoms with E-state index in [-0.39, 0.29) is 0 Å². The zero-order valence-corrected chi connectivity index (χ0v) is 11.4. The third-order valence-electron chi connectivity index (χ3n) is 2.70. The molecule has 20 heavy (non-hydrogen) atoms. The summed E-state index contributed by atoms with van der Waals surface area (Å²) in [5.41, 5.74) is 5.70. The summed E-state index contributed by atoms with van der Waals surface area (Å²) >= 11 is 1.35. The Hall–Kier alpha value is -1.54. The summed E-state index contributed by atoms with van der Waals surface area (Å²) in [4.78, 5) is 0. The van der Waals surface area contributed by atoms with Gasteiger partial charge in [0.1, 0.15) is 6.33 Å². The molecule has 0 aliphatic carbocycles. The molecule has 0 radical (unpaired) electrons. The average Bonchev–Trinajstić information content (AvgIpc) is 2.81. The number of aromatic nitrogens is 3. The lowest BCUT2D eigenvalue weighted by molar-refractivity contribution is -0.137. The largest absolute Gasteiger partial charge is 0.416 e. The van der Waals surface area contributed by atoms with Gasteiger partial charge in [-0.3, -0.25) is 0 Å². The molecule has 0 saturated carbocycles. The van der Waals surface area contributed by atoms with Crippen LogP contribution < -0.4 is 5.73 Å². The normalized spacial score (nSPS) is 13.4. The van der Waals surface area contributed by atoms with Crippen LogP contribution in [0.2, 0.25) is 0 Å². The lowest BCUT2D eigenvalue weighted by atomic mass is 10.1. The smallest absolute Gasteiger partial charge is 0.323 e. The van der Waals surface area contributed by atoms with E-state index in [1.807, 2.05) is 0 Å². The van der Waals surface area contributed by atoms with Crippen molar-refractivity contribution in [1.29, 1.82) is 0 Å². The number of halogens is 3. The van der Waals surface area contributed by atoms with E-state index in [2.05, 4.69) is 10.2 Å². The van der Waals surface area contributed by atoms with E-state index in [1.165, 1.54) is 17.8 Å². The van der Waals surface area contributed by atoms with E-state index in [4.69, 9.17) is 5.73 Å². The van der Waals surface area contributed by atoms with Crippen molar-refractivity contribution in [3.05, 3.63) is 41.7 Å². The van der Waals surface area contributed by atoms with Gasteiger partial charge in [-0.25, -0.2) is 0 Å². The summed E-state index contributed by atoms with van der Waals surface area (Å²) in [5.74, 6) is 0.424. The molecular weight excluding hydrogens is 289 g/mol. The predicted molar refractivity (Wildman–Crippen MR) is 70.1 cm³/mol. The van der Waals surface area contributed by atoms with Crippen LogP contribution in [0.1, 0.15) is 17.2 Å². The molecular formula is C12H13F3N4S. The van der Waals surface area contributed by atoms with Crippen molar-refractivity contribution < 1.29 is 13.2 Å². The minimum atomic E-state index is -4.35. The number of thioether (sulfide) groups is 1.